The van der Waals surface area contributed by atoms with Gasteiger partial charge in [-0.2, -0.15) is 0 Å². The largest absolute Gasteiger partial charge is 0.396 e. The zero-order valence-corrected chi connectivity index (χ0v) is 14.8. The van der Waals surface area contributed by atoms with Crippen LogP contribution in [0.2, 0.25) is 0 Å². The number of piperazine rings is 1. The quantitative estimate of drug-likeness (QED) is 0.759. The Balaban J connectivity index is 1.70. The van der Waals surface area contributed by atoms with E-state index in [2.05, 4.69) is 29.1 Å². The molecule has 2 amide bonds. The van der Waals surface area contributed by atoms with Gasteiger partial charge in [0, 0.05) is 58.5 Å². The number of nitrogens with zero attached hydrogens (tertiary/aromatic N) is 3. The Kier molecular flexibility index (Phi) is 7.59. The van der Waals surface area contributed by atoms with Gasteiger partial charge in [0.1, 0.15) is 0 Å². The molecule has 0 spiro atoms. The van der Waals surface area contributed by atoms with Gasteiger partial charge in [-0.3, -0.25) is 0 Å². The van der Waals surface area contributed by atoms with Crippen molar-refractivity contribution in [3.05, 3.63) is 0 Å². The highest BCUT2D eigenvalue weighted by Crippen LogP contribution is 2.19. The molecule has 0 bridgehead atoms. The van der Waals surface area contributed by atoms with Crippen LogP contribution in [0, 0.1) is 5.92 Å². The third-order valence-corrected chi connectivity index (χ3v) is 5.12. The second-order valence-electron chi connectivity index (χ2n) is 7.25. The second-order valence-corrected chi connectivity index (χ2v) is 7.25. The maximum absolute atomic E-state index is 12.4. The number of amides is 2. The summed E-state index contributed by atoms with van der Waals surface area (Å²) in [5, 5.41) is 12.3. The highest BCUT2D eigenvalue weighted by atomic mass is 16.3. The first-order valence-corrected chi connectivity index (χ1v) is 9.16. The minimum Gasteiger partial charge on any atom is -0.396 e. The average molecular weight is 326 g/mol. The molecule has 2 aliphatic heterocycles. The monoisotopic (exact) mass is 326 g/mol. The van der Waals surface area contributed by atoms with E-state index in [0.29, 0.717) is 12.3 Å². The molecule has 0 aromatic rings. The van der Waals surface area contributed by atoms with Crippen LogP contribution in [0.4, 0.5) is 4.79 Å². The fourth-order valence-corrected chi connectivity index (χ4v) is 3.62. The van der Waals surface area contributed by atoms with Crippen LogP contribution in [0.3, 0.4) is 0 Å². The maximum atomic E-state index is 12.4. The number of hydrogen-bond acceptors (Lipinski definition) is 4. The van der Waals surface area contributed by atoms with Crippen molar-refractivity contribution in [1.29, 1.82) is 0 Å². The van der Waals surface area contributed by atoms with Gasteiger partial charge >= 0.3 is 6.03 Å². The number of likely N-dealkylation sites (tertiary alicyclic amines) is 1. The lowest BCUT2D eigenvalue weighted by Crippen LogP contribution is -2.51. The average Bonchev–Trinajstić information content (AvgIpc) is 2.56. The number of carbonyl (C=O) groups is 1. The van der Waals surface area contributed by atoms with E-state index >= 15 is 0 Å². The number of nitrogens with one attached hydrogen (secondary N) is 1. The molecule has 23 heavy (non-hydrogen) atoms. The number of urea groups is 1. The lowest BCUT2D eigenvalue weighted by Gasteiger charge is -2.36. The van der Waals surface area contributed by atoms with Crippen LogP contribution in [0.25, 0.3) is 0 Å². The second kappa shape index (κ2) is 9.45. The Morgan fingerprint density at radius 1 is 1.22 bits per heavy atom. The molecule has 0 radical (unpaired) electrons. The Bertz CT molecular complexity index is 357. The van der Waals surface area contributed by atoms with Crippen molar-refractivity contribution in [1.82, 2.24) is 20.0 Å². The van der Waals surface area contributed by atoms with E-state index in [0.717, 1.165) is 65.1 Å². The van der Waals surface area contributed by atoms with E-state index in [1.807, 2.05) is 4.90 Å². The zero-order valence-electron chi connectivity index (χ0n) is 14.8. The molecule has 2 unspecified atom stereocenters. The van der Waals surface area contributed by atoms with Gasteiger partial charge in [-0.15, -0.1) is 0 Å². The first kappa shape index (κ1) is 18.5. The normalized spacial score (nSPS) is 25.3. The highest BCUT2D eigenvalue weighted by molar-refractivity contribution is 5.74. The van der Waals surface area contributed by atoms with E-state index in [9.17, 15) is 4.79 Å². The Labute approximate surface area is 140 Å². The topological polar surface area (TPSA) is 59.1 Å². The molecule has 134 valence electrons. The van der Waals surface area contributed by atoms with E-state index < -0.39 is 0 Å². The third-order valence-electron chi connectivity index (χ3n) is 5.12. The molecular weight excluding hydrogens is 292 g/mol. The molecule has 0 aromatic heterocycles. The van der Waals surface area contributed by atoms with E-state index in [1.54, 1.807) is 0 Å². The summed E-state index contributed by atoms with van der Waals surface area (Å²) in [5.74, 6) is 0.462. The van der Waals surface area contributed by atoms with Crippen LogP contribution in [0.1, 0.15) is 32.6 Å². The molecule has 0 aliphatic carbocycles. The van der Waals surface area contributed by atoms with Gasteiger partial charge in [-0.1, -0.05) is 6.92 Å². The van der Waals surface area contributed by atoms with Gasteiger partial charge in [0.05, 0.1) is 0 Å². The van der Waals surface area contributed by atoms with Crippen LogP contribution in [0.15, 0.2) is 0 Å². The molecular formula is C17H34N4O2. The molecule has 2 saturated heterocycles. The number of piperidine rings is 1. The van der Waals surface area contributed by atoms with Crippen molar-refractivity contribution in [3.63, 3.8) is 0 Å². The number of likely N-dealkylation sites (N-methyl/N-ethyl adjacent to an activating group) is 1. The maximum Gasteiger partial charge on any atom is 0.317 e. The summed E-state index contributed by atoms with van der Waals surface area (Å²) in [4.78, 5) is 19.2. The molecule has 0 aromatic carbocycles. The minimum absolute atomic E-state index is 0.0494. The smallest absolute Gasteiger partial charge is 0.317 e. The van der Waals surface area contributed by atoms with E-state index in [-0.39, 0.29) is 18.7 Å². The Morgan fingerprint density at radius 3 is 2.65 bits per heavy atom. The van der Waals surface area contributed by atoms with Crippen LogP contribution < -0.4 is 5.32 Å². The minimum atomic E-state index is 0.0494. The Hall–Kier alpha value is -0.850. The SMILES string of the molecule is CC(CNC(=O)N1CCCCC1CCO)CN1CCN(C)CC1. The van der Waals surface area contributed by atoms with Crippen molar-refractivity contribution in [2.75, 3.05) is 59.5 Å². The molecule has 2 fully saturated rings. The first-order chi connectivity index (χ1) is 11.1. The fourth-order valence-electron chi connectivity index (χ4n) is 3.62. The summed E-state index contributed by atoms with van der Waals surface area (Å²) < 4.78 is 0. The summed E-state index contributed by atoms with van der Waals surface area (Å²) >= 11 is 0. The van der Waals surface area contributed by atoms with Crippen LogP contribution in [-0.2, 0) is 0 Å². The summed E-state index contributed by atoms with van der Waals surface area (Å²) in [5.41, 5.74) is 0. The summed E-state index contributed by atoms with van der Waals surface area (Å²) in [6.07, 6.45) is 3.95. The molecule has 2 aliphatic rings. The van der Waals surface area contributed by atoms with Crippen molar-refractivity contribution >= 4 is 6.03 Å². The number of hydrogen-bond donors (Lipinski definition) is 2. The zero-order chi connectivity index (χ0) is 16.7. The fraction of sp³-hybridized carbons (Fsp3) is 0.941. The van der Waals surface area contributed by atoms with Gasteiger partial charge in [-0.05, 0) is 38.6 Å². The van der Waals surface area contributed by atoms with E-state index in [4.69, 9.17) is 5.11 Å². The molecule has 2 rings (SSSR count). The van der Waals surface area contributed by atoms with Crippen molar-refractivity contribution in [3.8, 4) is 0 Å². The molecule has 2 atom stereocenters. The molecule has 2 N–H and O–H groups in total. The lowest BCUT2D eigenvalue weighted by atomic mass is 10.00. The van der Waals surface area contributed by atoms with Gasteiger partial charge in [0.25, 0.3) is 0 Å². The number of aliphatic hydroxyl groups is 1. The number of rotatable bonds is 6. The van der Waals surface area contributed by atoms with Crippen molar-refractivity contribution < 1.29 is 9.90 Å². The van der Waals surface area contributed by atoms with Crippen LogP contribution >= 0.6 is 0 Å². The number of carbonyl (C=O) groups excluding carboxylic acids is 1. The van der Waals surface area contributed by atoms with E-state index in [1.165, 1.54) is 0 Å². The predicted molar refractivity (Wildman–Crippen MR) is 92.5 cm³/mol. The summed E-state index contributed by atoms with van der Waals surface area (Å²) in [6, 6.07) is 0.259. The van der Waals surface area contributed by atoms with Crippen molar-refractivity contribution in [2.24, 2.45) is 5.92 Å². The lowest BCUT2D eigenvalue weighted by molar-refractivity contribution is 0.125. The van der Waals surface area contributed by atoms with Gasteiger partial charge < -0.3 is 25.1 Å². The molecule has 2 heterocycles. The summed E-state index contributed by atoms with van der Waals surface area (Å²) in [6.45, 7) is 9.49. The van der Waals surface area contributed by atoms with Crippen molar-refractivity contribution in [2.45, 2.75) is 38.6 Å². The summed E-state index contributed by atoms with van der Waals surface area (Å²) in [7, 11) is 2.17. The highest BCUT2D eigenvalue weighted by Gasteiger charge is 2.26. The molecule has 6 nitrogen and oxygen atoms in total. The predicted octanol–water partition coefficient (Wildman–Crippen LogP) is 0.816. The third kappa shape index (κ3) is 5.94. The van der Waals surface area contributed by atoms with Crippen LogP contribution in [0.5, 0.6) is 0 Å². The first-order valence-electron chi connectivity index (χ1n) is 9.16. The molecule has 0 saturated carbocycles. The Morgan fingerprint density at radius 2 is 1.96 bits per heavy atom. The van der Waals surface area contributed by atoms with Gasteiger partial charge in [0.15, 0.2) is 0 Å². The van der Waals surface area contributed by atoms with Gasteiger partial charge in [0.2, 0.25) is 0 Å². The standard InChI is InChI=1S/C17H34N4O2/c1-15(14-20-10-8-19(2)9-11-20)13-18-17(23)21-7-4-3-5-16(21)6-12-22/h15-16,22H,3-14H2,1-2H3,(H,18,23). The van der Waals surface area contributed by atoms with Gasteiger partial charge in [-0.25, -0.2) is 4.79 Å². The number of aliphatic hydroxyl groups excluding tert-OH is 1. The van der Waals surface area contributed by atoms with Crippen LogP contribution in [-0.4, -0.2) is 91.3 Å². The molecule has 6 heteroatoms.